The molecule has 2 aromatic heterocycles. The minimum absolute atomic E-state index is 0.149. The van der Waals surface area contributed by atoms with E-state index in [1.165, 1.54) is 12.4 Å². The minimum Gasteiger partial charge on any atom is -0.408 e. The Morgan fingerprint density at radius 1 is 1.32 bits per heavy atom. The third kappa shape index (κ3) is 3.29. The van der Waals surface area contributed by atoms with Crippen molar-refractivity contribution in [1.29, 1.82) is 0 Å². The molecule has 2 heterocycles. The Hall–Kier alpha value is -2.72. The predicted molar refractivity (Wildman–Crippen MR) is 107 cm³/mol. The van der Waals surface area contributed by atoms with Crippen LogP contribution in [0.3, 0.4) is 0 Å². The molecular weight excluding hydrogens is 400 g/mol. The lowest BCUT2D eigenvalue weighted by atomic mass is 9.96. The normalized spacial score (nSPS) is 17.6. The van der Waals surface area contributed by atoms with Crippen LogP contribution >= 0.6 is 11.5 Å². The molecule has 3 aromatic rings. The zero-order chi connectivity index (χ0) is 19.9. The van der Waals surface area contributed by atoms with E-state index in [0.717, 1.165) is 17.1 Å². The summed E-state index contributed by atoms with van der Waals surface area (Å²) in [5.74, 6) is -0.428. The van der Waals surface area contributed by atoms with Crippen LogP contribution in [-0.4, -0.2) is 22.3 Å². The number of aromatic nitrogens is 3. The Labute approximate surface area is 165 Å². The summed E-state index contributed by atoms with van der Waals surface area (Å²) >= 11 is 0.952. The Morgan fingerprint density at radius 2 is 2.07 bits per heavy atom. The summed E-state index contributed by atoms with van der Waals surface area (Å²) in [7, 11) is -3.81. The van der Waals surface area contributed by atoms with Crippen molar-refractivity contribution in [1.82, 2.24) is 13.9 Å². The number of hydrogen-bond acceptors (Lipinski definition) is 7. The highest BCUT2D eigenvalue weighted by atomic mass is 32.2. The van der Waals surface area contributed by atoms with E-state index in [2.05, 4.69) is 14.1 Å². The number of rotatable bonds is 5. The summed E-state index contributed by atoms with van der Waals surface area (Å²) in [6, 6.07) is 9.41. The van der Waals surface area contributed by atoms with Crippen LogP contribution in [0.1, 0.15) is 49.2 Å². The summed E-state index contributed by atoms with van der Waals surface area (Å²) in [6.07, 6.45) is 2.96. The number of anilines is 1. The van der Waals surface area contributed by atoms with E-state index in [9.17, 15) is 13.2 Å². The fourth-order valence-electron chi connectivity index (χ4n) is 3.43. The van der Waals surface area contributed by atoms with Gasteiger partial charge >= 0.3 is 5.76 Å². The number of nitrogens with one attached hydrogen (secondary N) is 1. The first-order chi connectivity index (χ1) is 13.4. The molecule has 2 atom stereocenters. The first-order valence-corrected chi connectivity index (χ1v) is 10.9. The van der Waals surface area contributed by atoms with Crippen LogP contribution < -0.4 is 10.5 Å². The van der Waals surface area contributed by atoms with Crippen molar-refractivity contribution in [3.05, 3.63) is 69.1 Å². The van der Waals surface area contributed by atoms with Crippen LogP contribution in [0.5, 0.6) is 0 Å². The monoisotopic (exact) mass is 418 g/mol. The maximum atomic E-state index is 12.7. The maximum Gasteiger partial charge on any atom is 0.420 e. The smallest absolute Gasteiger partial charge is 0.408 e. The van der Waals surface area contributed by atoms with Crippen LogP contribution in [0, 0.1) is 0 Å². The van der Waals surface area contributed by atoms with Gasteiger partial charge in [0.15, 0.2) is 5.76 Å². The summed E-state index contributed by atoms with van der Waals surface area (Å²) in [5.41, 5.74) is 1.68. The number of sulfonamides is 1. The Balaban J connectivity index is 1.74. The second-order valence-corrected chi connectivity index (χ2v) is 9.16. The van der Waals surface area contributed by atoms with Gasteiger partial charge in [0.2, 0.25) is 5.13 Å². The van der Waals surface area contributed by atoms with E-state index < -0.39 is 15.8 Å². The van der Waals surface area contributed by atoms with E-state index in [1.54, 1.807) is 4.57 Å². The summed E-state index contributed by atoms with van der Waals surface area (Å²) in [5, 5.41) is 0.191. The number of allylic oxidation sites excluding steroid dienone is 1. The zero-order valence-corrected chi connectivity index (χ0v) is 16.8. The second kappa shape index (κ2) is 7.02. The van der Waals surface area contributed by atoms with Crippen molar-refractivity contribution in [3.8, 4) is 0 Å². The van der Waals surface area contributed by atoms with E-state index in [4.69, 9.17) is 4.42 Å². The Morgan fingerprint density at radius 3 is 2.75 bits per heavy atom. The van der Waals surface area contributed by atoms with Crippen molar-refractivity contribution < 1.29 is 12.8 Å². The highest BCUT2D eigenvalue weighted by molar-refractivity contribution is 7.96. The molecular formula is C18H18N4O4S2. The molecule has 146 valence electrons. The standard InChI is InChI=1S/C18H18N4O4S2/c1-11-8-14(28(24,25)21-17-19-10-20-27-17)9-15-16(11)22(18(23)26-15)12(2)13-6-4-3-5-7-13/h3-7,9-12H,8H2,1-2H3,(H,19,20,21). The fourth-order valence-corrected chi connectivity index (χ4v) is 5.34. The van der Waals surface area contributed by atoms with E-state index in [0.29, 0.717) is 5.69 Å². The summed E-state index contributed by atoms with van der Waals surface area (Å²) < 4.78 is 38.6. The van der Waals surface area contributed by atoms with Crippen molar-refractivity contribution in [2.75, 3.05) is 4.72 Å². The van der Waals surface area contributed by atoms with Gasteiger partial charge in [-0.2, -0.15) is 4.37 Å². The lowest BCUT2D eigenvalue weighted by Gasteiger charge is -2.23. The topological polar surface area (TPSA) is 107 Å². The average Bonchev–Trinajstić information content (AvgIpc) is 3.28. The molecule has 0 bridgehead atoms. The van der Waals surface area contributed by atoms with Crippen LogP contribution in [0.2, 0.25) is 0 Å². The lowest BCUT2D eigenvalue weighted by Crippen LogP contribution is -2.24. The van der Waals surface area contributed by atoms with Gasteiger partial charge in [0.25, 0.3) is 10.0 Å². The van der Waals surface area contributed by atoms with Crippen molar-refractivity contribution in [3.63, 3.8) is 0 Å². The molecule has 0 saturated carbocycles. The molecule has 1 aliphatic carbocycles. The molecule has 0 aliphatic heterocycles. The highest BCUT2D eigenvalue weighted by Crippen LogP contribution is 2.37. The highest BCUT2D eigenvalue weighted by Gasteiger charge is 2.33. The van der Waals surface area contributed by atoms with Gasteiger partial charge in [-0.1, -0.05) is 37.3 Å². The van der Waals surface area contributed by atoms with Gasteiger partial charge in [0.05, 0.1) is 16.6 Å². The molecule has 0 fully saturated rings. The summed E-state index contributed by atoms with van der Waals surface area (Å²) in [6.45, 7) is 3.81. The number of nitrogens with zero attached hydrogens (tertiary/aromatic N) is 3. The number of oxazole rings is 1. The molecule has 0 amide bonds. The quantitative estimate of drug-likeness (QED) is 0.682. The minimum atomic E-state index is -3.81. The average molecular weight is 419 g/mol. The van der Waals surface area contributed by atoms with E-state index >= 15 is 0 Å². The van der Waals surface area contributed by atoms with Gasteiger partial charge < -0.3 is 4.42 Å². The van der Waals surface area contributed by atoms with Crippen molar-refractivity contribution >= 4 is 32.8 Å². The van der Waals surface area contributed by atoms with Gasteiger partial charge in [-0.25, -0.2) is 18.2 Å². The molecule has 2 unspecified atom stereocenters. The van der Waals surface area contributed by atoms with Gasteiger partial charge in [0, 0.05) is 17.5 Å². The largest absolute Gasteiger partial charge is 0.420 e. The van der Waals surface area contributed by atoms with Crippen LogP contribution in [0.4, 0.5) is 5.13 Å². The molecule has 0 spiro atoms. The molecule has 10 heteroatoms. The molecule has 8 nitrogen and oxygen atoms in total. The van der Waals surface area contributed by atoms with Crippen LogP contribution in [-0.2, 0) is 10.0 Å². The third-order valence-electron chi connectivity index (χ3n) is 4.77. The van der Waals surface area contributed by atoms with Gasteiger partial charge in [0.1, 0.15) is 6.33 Å². The molecule has 1 aromatic carbocycles. The molecule has 1 N–H and O–H groups in total. The molecule has 4 rings (SSSR count). The van der Waals surface area contributed by atoms with Crippen molar-refractivity contribution in [2.45, 2.75) is 32.2 Å². The predicted octanol–water partition coefficient (Wildman–Crippen LogP) is 3.19. The van der Waals surface area contributed by atoms with Crippen LogP contribution in [0.15, 0.2) is 50.8 Å². The molecule has 0 saturated heterocycles. The van der Waals surface area contributed by atoms with Gasteiger partial charge in [-0.15, -0.1) is 0 Å². The van der Waals surface area contributed by atoms with Crippen LogP contribution in [0.25, 0.3) is 6.08 Å². The third-order valence-corrected chi connectivity index (χ3v) is 6.92. The van der Waals surface area contributed by atoms with E-state index in [-0.39, 0.29) is 34.2 Å². The molecule has 28 heavy (non-hydrogen) atoms. The summed E-state index contributed by atoms with van der Waals surface area (Å²) in [4.78, 5) is 16.6. The van der Waals surface area contributed by atoms with Gasteiger partial charge in [-0.05, 0) is 25.0 Å². The fraction of sp³-hybridized carbons (Fsp3) is 0.278. The number of hydrogen-bond donors (Lipinski definition) is 1. The van der Waals surface area contributed by atoms with Gasteiger partial charge in [-0.3, -0.25) is 9.29 Å². The molecule has 1 aliphatic rings. The van der Waals surface area contributed by atoms with Crippen molar-refractivity contribution in [2.24, 2.45) is 0 Å². The maximum absolute atomic E-state index is 12.7. The Kier molecular flexibility index (Phi) is 4.68. The number of fused-ring (bicyclic) bond motifs is 1. The number of benzene rings is 1. The molecule has 0 radical (unpaired) electrons. The zero-order valence-electron chi connectivity index (χ0n) is 15.2. The first-order valence-electron chi connectivity index (χ1n) is 8.67. The second-order valence-electron chi connectivity index (χ2n) is 6.64. The SMILES string of the molecule is CC1CC(S(=O)(=O)Nc2ncns2)=Cc2oc(=O)n(C(C)c3ccccc3)c21. The Bertz CT molecular complexity index is 1180. The van der Waals surface area contributed by atoms with E-state index in [1.807, 2.05) is 44.2 Å². The first kappa shape index (κ1) is 18.6. The lowest BCUT2D eigenvalue weighted by molar-refractivity contribution is 0.459.